The van der Waals surface area contributed by atoms with Crippen LogP contribution >= 0.6 is 0 Å². The van der Waals surface area contributed by atoms with Crippen molar-refractivity contribution >= 4 is 6.03 Å². The number of urea groups is 1. The second-order valence-corrected chi connectivity index (χ2v) is 6.35. The van der Waals surface area contributed by atoms with E-state index in [0.29, 0.717) is 31.7 Å². The normalized spacial score (nSPS) is 32.1. The van der Waals surface area contributed by atoms with E-state index in [-0.39, 0.29) is 11.6 Å². The maximum Gasteiger partial charge on any atom is 0.317 e. The van der Waals surface area contributed by atoms with Gasteiger partial charge in [-0.3, -0.25) is 0 Å². The first-order chi connectivity index (χ1) is 8.48. The van der Waals surface area contributed by atoms with Crippen molar-refractivity contribution in [3.63, 3.8) is 0 Å². The fourth-order valence-electron chi connectivity index (χ4n) is 2.97. The molecule has 2 amide bonds. The first-order valence-corrected chi connectivity index (χ1v) is 7.17. The van der Waals surface area contributed by atoms with Crippen LogP contribution in [0.5, 0.6) is 0 Å². The zero-order chi connectivity index (χ0) is 13.2. The number of rotatable bonds is 1. The Kier molecular flexibility index (Phi) is 4.15. The minimum Gasteiger partial charge on any atom is -0.372 e. The third-order valence-corrected chi connectivity index (χ3v) is 4.13. The van der Waals surface area contributed by atoms with Gasteiger partial charge in [-0.2, -0.15) is 0 Å². The quantitative estimate of drug-likeness (QED) is 0.780. The Labute approximate surface area is 110 Å². The summed E-state index contributed by atoms with van der Waals surface area (Å²) >= 11 is 0. The summed E-state index contributed by atoms with van der Waals surface area (Å²) in [6.45, 7) is 8.34. The molecule has 2 fully saturated rings. The van der Waals surface area contributed by atoms with Crippen molar-refractivity contribution in [3.8, 4) is 0 Å². The van der Waals surface area contributed by atoms with Crippen LogP contribution in [0.25, 0.3) is 0 Å². The first kappa shape index (κ1) is 13.7. The highest BCUT2D eigenvalue weighted by molar-refractivity contribution is 5.74. The molecule has 0 bridgehead atoms. The van der Waals surface area contributed by atoms with E-state index >= 15 is 0 Å². The van der Waals surface area contributed by atoms with E-state index in [9.17, 15) is 4.79 Å². The van der Waals surface area contributed by atoms with Gasteiger partial charge in [-0.15, -0.1) is 0 Å². The molecular formula is C14H26N2O2. The fraction of sp³-hybridized carbons (Fsp3) is 0.929. The van der Waals surface area contributed by atoms with Crippen molar-refractivity contribution in [1.29, 1.82) is 0 Å². The van der Waals surface area contributed by atoms with Crippen LogP contribution in [0.4, 0.5) is 4.79 Å². The van der Waals surface area contributed by atoms with Gasteiger partial charge in [-0.25, -0.2) is 4.79 Å². The molecule has 1 aliphatic heterocycles. The van der Waals surface area contributed by atoms with E-state index in [0.717, 1.165) is 6.42 Å². The Morgan fingerprint density at radius 2 is 2.06 bits per heavy atom. The molecule has 0 spiro atoms. The standard InChI is InChI=1S/C14H26N2O2/c1-11-6-4-5-7-12(11)15-13(17)16-8-9-18-14(2,3)10-16/h11-12H,4-10H2,1-3H3,(H,15,17). The monoisotopic (exact) mass is 254 g/mol. The topological polar surface area (TPSA) is 41.6 Å². The summed E-state index contributed by atoms with van der Waals surface area (Å²) in [5, 5.41) is 3.21. The molecule has 2 rings (SSSR count). The second-order valence-electron chi connectivity index (χ2n) is 6.35. The van der Waals surface area contributed by atoms with E-state index in [1.165, 1.54) is 19.3 Å². The molecule has 18 heavy (non-hydrogen) atoms. The van der Waals surface area contributed by atoms with Crippen molar-refractivity contribution in [2.24, 2.45) is 5.92 Å². The second kappa shape index (κ2) is 5.47. The Morgan fingerprint density at radius 1 is 1.33 bits per heavy atom. The van der Waals surface area contributed by atoms with Gasteiger partial charge in [0.25, 0.3) is 0 Å². The molecule has 2 aliphatic rings. The molecule has 1 aliphatic carbocycles. The number of nitrogens with zero attached hydrogens (tertiary/aromatic N) is 1. The predicted molar refractivity (Wildman–Crippen MR) is 71.6 cm³/mol. The molecule has 0 radical (unpaired) electrons. The van der Waals surface area contributed by atoms with Crippen LogP contribution in [0.2, 0.25) is 0 Å². The average Bonchev–Trinajstić information content (AvgIpc) is 2.31. The summed E-state index contributed by atoms with van der Waals surface area (Å²) in [7, 11) is 0. The third kappa shape index (κ3) is 3.37. The highest BCUT2D eigenvalue weighted by atomic mass is 16.5. The molecule has 104 valence electrons. The van der Waals surface area contributed by atoms with Crippen molar-refractivity contribution < 1.29 is 9.53 Å². The highest BCUT2D eigenvalue weighted by Gasteiger charge is 2.31. The Hall–Kier alpha value is -0.770. The van der Waals surface area contributed by atoms with Crippen LogP contribution in [0.3, 0.4) is 0 Å². The Bertz CT molecular complexity index is 304. The lowest BCUT2D eigenvalue weighted by atomic mass is 9.86. The SMILES string of the molecule is CC1CCCCC1NC(=O)N1CCOC(C)(C)C1. The highest BCUT2D eigenvalue weighted by Crippen LogP contribution is 2.24. The minimum absolute atomic E-state index is 0.0881. The zero-order valence-electron chi connectivity index (χ0n) is 11.9. The third-order valence-electron chi connectivity index (χ3n) is 4.13. The van der Waals surface area contributed by atoms with Gasteiger partial charge in [-0.05, 0) is 32.6 Å². The lowest BCUT2D eigenvalue weighted by Crippen LogP contribution is -2.55. The molecular weight excluding hydrogens is 228 g/mol. The van der Waals surface area contributed by atoms with Gasteiger partial charge in [0.1, 0.15) is 0 Å². The molecule has 4 nitrogen and oxygen atoms in total. The van der Waals surface area contributed by atoms with Gasteiger partial charge >= 0.3 is 6.03 Å². The lowest BCUT2D eigenvalue weighted by molar-refractivity contribution is -0.0737. The zero-order valence-corrected chi connectivity index (χ0v) is 11.9. The van der Waals surface area contributed by atoms with E-state index in [2.05, 4.69) is 12.2 Å². The van der Waals surface area contributed by atoms with Crippen LogP contribution in [-0.4, -0.2) is 42.3 Å². The van der Waals surface area contributed by atoms with Gasteiger partial charge in [0.2, 0.25) is 0 Å². The van der Waals surface area contributed by atoms with Crippen LogP contribution in [0, 0.1) is 5.92 Å². The summed E-state index contributed by atoms with van der Waals surface area (Å²) < 4.78 is 5.64. The summed E-state index contributed by atoms with van der Waals surface area (Å²) in [4.78, 5) is 14.2. The van der Waals surface area contributed by atoms with Crippen LogP contribution in [0.1, 0.15) is 46.5 Å². The van der Waals surface area contributed by atoms with Crippen molar-refractivity contribution in [2.75, 3.05) is 19.7 Å². The molecule has 0 aromatic heterocycles. The van der Waals surface area contributed by atoms with E-state index < -0.39 is 0 Å². The van der Waals surface area contributed by atoms with Gasteiger partial charge in [-0.1, -0.05) is 19.8 Å². The number of nitrogens with one attached hydrogen (secondary N) is 1. The first-order valence-electron chi connectivity index (χ1n) is 7.17. The molecule has 0 aromatic carbocycles. The minimum atomic E-state index is -0.215. The number of hydrogen-bond donors (Lipinski definition) is 1. The van der Waals surface area contributed by atoms with Crippen LogP contribution in [-0.2, 0) is 4.74 Å². The largest absolute Gasteiger partial charge is 0.372 e. The smallest absolute Gasteiger partial charge is 0.317 e. The molecule has 1 saturated heterocycles. The molecule has 1 N–H and O–H groups in total. The fourth-order valence-corrected chi connectivity index (χ4v) is 2.97. The maximum atomic E-state index is 12.3. The number of carbonyl (C=O) groups is 1. The number of ether oxygens (including phenoxy) is 1. The van der Waals surface area contributed by atoms with Gasteiger partial charge in [0.05, 0.1) is 18.8 Å². The molecule has 1 saturated carbocycles. The van der Waals surface area contributed by atoms with Gasteiger partial charge in [0, 0.05) is 12.6 Å². The van der Waals surface area contributed by atoms with E-state index in [4.69, 9.17) is 4.74 Å². The Morgan fingerprint density at radius 3 is 2.72 bits per heavy atom. The van der Waals surface area contributed by atoms with Crippen molar-refractivity contribution in [3.05, 3.63) is 0 Å². The summed E-state index contributed by atoms with van der Waals surface area (Å²) in [5.74, 6) is 0.608. The number of morpholine rings is 1. The lowest BCUT2D eigenvalue weighted by Gasteiger charge is -2.39. The van der Waals surface area contributed by atoms with Crippen LogP contribution in [0.15, 0.2) is 0 Å². The maximum absolute atomic E-state index is 12.3. The summed E-state index contributed by atoms with van der Waals surface area (Å²) in [5.41, 5.74) is -0.215. The molecule has 2 atom stereocenters. The van der Waals surface area contributed by atoms with Gasteiger partial charge in [0.15, 0.2) is 0 Å². The predicted octanol–water partition coefficient (Wildman–Crippen LogP) is 2.39. The molecule has 2 unspecified atom stereocenters. The number of carbonyl (C=O) groups excluding carboxylic acids is 1. The van der Waals surface area contributed by atoms with E-state index in [1.807, 2.05) is 18.7 Å². The summed E-state index contributed by atoms with van der Waals surface area (Å²) in [6, 6.07) is 0.447. The molecule has 0 aromatic rings. The van der Waals surface area contributed by atoms with Crippen molar-refractivity contribution in [1.82, 2.24) is 10.2 Å². The number of amides is 2. The van der Waals surface area contributed by atoms with Gasteiger partial charge < -0.3 is 15.0 Å². The average molecular weight is 254 g/mol. The van der Waals surface area contributed by atoms with E-state index in [1.54, 1.807) is 0 Å². The van der Waals surface area contributed by atoms with Crippen molar-refractivity contribution in [2.45, 2.75) is 58.1 Å². The Balaban J connectivity index is 1.87. The number of hydrogen-bond acceptors (Lipinski definition) is 2. The summed E-state index contributed by atoms with van der Waals surface area (Å²) in [6.07, 6.45) is 4.90. The molecule has 4 heteroatoms. The van der Waals surface area contributed by atoms with Crippen LogP contribution < -0.4 is 5.32 Å². The molecule has 1 heterocycles.